The Balaban J connectivity index is 2.39. The first kappa shape index (κ1) is 31.5. The highest BCUT2D eigenvalue weighted by atomic mass is 32.2. The van der Waals surface area contributed by atoms with E-state index in [1.54, 1.807) is 44.4 Å². The minimum atomic E-state index is -0.910. The molecule has 10 heteroatoms. The summed E-state index contributed by atoms with van der Waals surface area (Å²) in [7, 11) is 0. The number of ether oxygens (including phenoxy) is 2. The minimum absolute atomic E-state index is 0.0358. The van der Waals surface area contributed by atoms with Gasteiger partial charge in [-0.1, -0.05) is 29.8 Å². The van der Waals surface area contributed by atoms with Crippen molar-refractivity contribution in [3.8, 4) is 0 Å². The molecule has 2 N–H and O–H groups in total. The van der Waals surface area contributed by atoms with E-state index in [0.717, 1.165) is 24.8 Å². The third kappa shape index (κ3) is 9.85. The fourth-order valence-corrected chi connectivity index (χ4v) is 4.67. The highest BCUT2D eigenvalue weighted by Gasteiger charge is 2.41. The number of carbonyl (C=O) groups excluding carboxylic acids is 4. The largest absolute Gasteiger partial charge is 0.466 e. The van der Waals surface area contributed by atoms with Crippen molar-refractivity contribution in [3.63, 3.8) is 0 Å². The van der Waals surface area contributed by atoms with Crippen molar-refractivity contribution in [2.45, 2.75) is 90.4 Å². The molecule has 0 aromatic heterocycles. The molecule has 1 aliphatic carbocycles. The Labute approximate surface area is 230 Å². The molecule has 0 radical (unpaired) electrons. The monoisotopic (exact) mass is 549 g/mol. The van der Waals surface area contributed by atoms with Crippen LogP contribution >= 0.6 is 11.8 Å². The maximum absolute atomic E-state index is 14.1. The summed E-state index contributed by atoms with van der Waals surface area (Å²) in [6.07, 6.45) is 4.19. The number of nitrogens with one attached hydrogen (secondary N) is 2. The van der Waals surface area contributed by atoms with E-state index in [1.807, 2.05) is 37.4 Å². The van der Waals surface area contributed by atoms with Gasteiger partial charge in [0.05, 0.1) is 13.0 Å². The standard InChI is InChI=1S/C28H43N3O6S/c1-7-36-23(32)14-16-29-25(33)24(20-11-8-10-19(2)18-20)31(21-12-9-13-21)26(34)22(15-17-38-6)30-27(35)37-28(3,4)5/h8,10-11,18,21-22,24H,7,9,12-17H2,1-6H3,(H,29,33)(H,30,35). The van der Waals surface area contributed by atoms with Crippen LogP contribution in [0.5, 0.6) is 0 Å². The fraction of sp³-hybridized carbons (Fsp3) is 0.643. The topological polar surface area (TPSA) is 114 Å². The maximum atomic E-state index is 14.1. The molecule has 0 aliphatic heterocycles. The van der Waals surface area contributed by atoms with Crippen LogP contribution in [-0.4, -0.2) is 71.6 Å². The number of hydrogen-bond donors (Lipinski definition) is 2. The quantitative estimate of drug-likeness (QED) is 0.356. The number of esters is 1. The molecule has 0 spiro atoms. The zero-order valence-electron chi connectivity index (χ0n) is 23.5. The lowest BCUT2D eigenvalue weighted by Gasteiger charge is -2.43. The molecule has 2 rings (SSSR count). The van der Waals surface area contributed by atoms with Crippen molar-refractivity contribution in [2.75, 3.05) is 25.2 Å². The van der Waals surface area contributed by atoms with Crippen molar-refractivity contribution in [3.05, 3.63) is 35.4 Å². The van der Waals surface area contributed by atoms with Crippen LogP contribution < -0.4 is 10.6 Å². The molecule has 212 valence electrons. The Kier molecular flexibility index (Phi) is 12.4. The predicted octanol–water partition coefficient (Wildman–Crippen LogP) is 4.13. The molecule has 1 aromatic carbocycles. The molecule has 38 heavy (non-hydrogen) atoms. The van der Waals surface area contributed by atoms with E-state index in [4.69, 9.17) is 9.47 Å². The molecule has 3 amide bonds. The Hall–Kier alpha value is -2.75. The summed E-state index contributed by atoms with van der Waals surface area (Å²) in [6.45, 7) is 9.32. The number of nitrogens with zero attached hydrogens (tertiary/aromatic N) is 1. The smallest absolute Gasteiger partial charge is 0.408 e. The SMILES string of the molecule is CCOC(=O)CCNC(=O)C(c1cccc(C)c1)N(C(=O)C(CCSC)NC(=O)OC(C)(C)C)C1CCC1. The van der Waals surface area contributed by atoms with E-state index in [9.17, 15) is 19.2 Å². The molecule has 1 saturated carbocycles. The summed E-state index contributed by atoms with van der Waals surface area (Å²) in [4.78, 5) is 53.9. The average molecular weight is 550 g/mol. The third-order valence-electron chi connectivity index (χ3n) is 6.14. The summed E-state index contributed by atoms with van der Waals surface area (Å²) in [6, 6.07) is 5.62. The molecule has 0 saturated heterocycles. The Morgan fingerprint density at radius 2 is 1.89 bits per heavy atom. The van der Waals surface area contributed by atoms with Gasteiger partial charge in [-0.25, -0.2) is 4.79 Å². The Morgan fingerprint density at radius 1 is 1.18 bits per heavy atom. The molecule has 1 fully saturated rings. The summed E-state index contributed by atoms with van der Waals surface area (Å²) in [5.74, 6) is -0.445. The zero-order valence-corrected chi connectivity index (χ0v) is 24.3. The zero-order chi connectivity index (χ0) is 28.3. The maximum Gasteiger partial charge on any atom is 0.408 e. The fourth-order valence-electron chi connectivity index (χ4n) is 4.20. The van der Waals surface area contributed by atoms with E-state index in [2.05, 4.69) is 10.6 Å². The second-order valence-electron chi connectivity index (χ2n) is 10.5. The lowest BCUT2D eigenvalue weighted by molar-refractivity contribution is -0.148. The lowest BCUT2D eigenvalue weighted by Crippen LogP contribution is -2.57. The van der Waals surface area contributed by atoms with Gasteiger partial charge in [0, 0.05) is 12.6 Å². The van der Waals surface area contributed by atoms with E-state index in [0.29, 0.717) is 17.7 Å². The average Bonchev–Trinajstić information content (AvgIpc) is 2.78. The van der Waals surface area contributed by atoms with E-state index in [-0.39, 0.29) is 37.4 Å². The van der Waals surface area contributed by atoms with E-state index >= 15 is 0 Å². The van der Waals surface area contributed by atoms with Crippen molar-refractivity contribution in [1.82, 2.24) is 15.5 Å². The van der Waals surface area contributed by atoms with Crippen LogP contribution in [0, 0.1) is 6.92 Å². The van der Waals surface area contributed by atoms with Crippen LogP contribution in [0.25, 0.3) is 0 Å². The molecule has 0 bridgehead atoms. The van der Waals surface area contributed by atoms with Gasteiger partial charge in [0.2, 0.25) is 11.8 Å². The first-order valence-corrected chi connectivity index (χ1v) is 14.7. The summed E-state index contributed by atoms with van der Waals surface area (Å²) in [5.41, 5.74) is 0.923. The van der Waals surface area contributed by atoms with Crippen LogP contribution in [0.4, 0.5) is 4.79 Å². The first-order chi connectivity index (χ1) is 18.0. The molecule has 0 heterocycles. The summed E-state index contributed by atoms with van der Waals surface area (Å²) >= 11 is 1.57. The lowest BCUT2D eigenvalue weighted by atomic mass is 9.87. The number of carbonyl (C=O) groups is 4. The Morgan fingerprint density at radius 3 is 2.45 bits per heavy atom. The number of thioether (sulfide) groups is 1. The van der Waals surface area contributed by atoms with Gasteiger partial charge >= 0.3 is 12.1 Å². The molecule has 2 unspecified atom stereocenters. The van der Waals surface area contributed by atoms with Gasteiger partial charge < -0.3 is 25.0 Å². The Bertz CT molecular complexity index is 960. The molecule has 1 aromatic rings. The number of benzene rings is 1. The van der Waals surface area contributed by atoms with Crippen LogP contribution in [0.2, 0.25) is 0 Å². The normalized spacial score (nSPS) is 15.0. The van der Waals surface area contributed by atoms with Gasteiger partial charge in [0.1, 0.15) is 17.7 Å². The van der Waals surface area contributed by atoms with Crippen LogP contribution in [0.3, 0.4) is 0 Å². The highest BCUT2D eigenvalue weighted by Crippen LogP contribution is 2.34. The summed E-state index contributed by atoms with van der Waals surface area (Å²) < 4.78 is 10.4. The van der Waals surface area contributed by atoms with Crippen LogP contribution in [0.1, 0.15) is 77.0 Å². The number of alkyl carbamates (subject to hydrolysis) is 1. The minimum Gasteiger partial charge on any atom is -0.466 e. The van der Waals surface area contributed by atoms with Gasteiger partial charge in [-0.15, -0.1) is 0 Å². The van der Waals surface area contributed by atoms with Crippen molar-refractivity contribution in [1.29, 1.82) is 0 Å². The summed E-state index contributed by atoms with van der Waals surface area (Å²) in [5, 5.41) is 5.59. The molecule has 2 atom stereocenters. The van der Waals surface area contributed by atoms with Gasteiger partial charge in [-0.05, 0) is 77.9 Å². The van der Waals surface area contributed by atoms with E-state index < -0.39 is 29.7 Å². The second-order valence-corrected chi connectivity index (χ2v) is 11.5. The van der Waals surface area contributed by atoms with Gasteiger partial charge in [0.15, 0.2) is 0 Å². The van der Waals surface area contributed by atoms with Gasteiger partial charge in [0.25, 0.3) is 0 Å². The highest BCUT2D eigenvalue weighted by molar-refractivity contribution is 7.98. The number of hydrogen-bond acceptors (Lipinski definition) is 7. The molecule has 1 aliphatic rings. The third-order valence-corrected chi connectivity index (χ3v) is 6.78. The number of aryl methyl sites for hydroxylation is 1. The van der Waals surface area contributed by atoms with Crippen LogP contribution in [0.15, 0.2) is 24.3 Å². The second kappa shape index (κ2) is 15.0. The number of amides is 3. The predicted molar refractivity (Wildman–Crippen MR) is 149 cm³/mol. The van der Waals surface area contributed by atoms with E-state index in [1.165, 1.54) is 0 Å². The van der Waals surface area contributed by atoms with Gasteiger partial charge in [-0.3, -0.25) is 14.4 Å². The van der Waals surface area contributed by atoms with Crippen molar-refractivity contribution < 1.29 is 28.7 Å². The van der Waals surface area contributed by atoms with Crippen LogP contribution in [-0.2, 0) is 23.9 Å². The first-order valence-electron chi connectivity index (χ1n) is 13.3. The van der Waals surface area contributed by atoms with Crippen molar-refractivity contribution in [2.24, 2.45) is 0 Å². The molecular weight excluding hydrogens is 506 g/mol. The number of rotatable bonds is 13. The van der Waals surface area contributed by atoms with Crippen molar-refractivity contribution >= 4 is 35.6 Å². The molecular formula is C28H43N3O6S. The van der Waals surface area contributed by atoms with Gasteiger partial charge in [-0.2, -0.15) is 11.8 Å². The molecule has 9 nitrogen and oxygen atoms in total.